The highest BCUT2D eigenvalue weighted by atomic mass is 79.9. The standard InChI is InChI=1S/C24H23BrN6O3S2/c1-31-20(12-26-21(32)11-15-3-9-18(34-2)10-4-15)29-30-24(31)36-14-22(33)28-23-27-19(13-35-23)16-5-7-17(25)8-6-16/h3-10,13H,11-12,14H2,1-2H3,(H,26,32)(H,27,28,33). The van der Waals surface area contributed by atoms with Gasteiger partial charge in [0.05, 0.1) is 31.5 Å². The first-order chi connectivity index (χ1) is 17.4. The summed E-state index contributed by atoms with van der Waals surface area (Å²) < 4.78 is 7.89. The van der Waals surface area contributed by atoms with Crippen LogP contribution in [0.3, 0.4) is 0 Å². The number of aromatic nitrogens is 4. The second-order valence-corrected chi connectivity index (χ2v) is 10.4. The number of rotatable bonds is 10. The summed E-state index contributed by atoms with van der Waals surface area (Å²) in [5.41, 5.74) is 2.67. The van der Waals surface area contributed by atoms with Crippen LogP contribution in [0.4, 0.5) is 5.13 Å². The number of anilines is 1. The number of thioether (sulfide) groups is 1. The van der Waals surface area contributed by atoms with E-state index in [1.165, 1.54) is 23.1 Å². The van der Waals surface area contributed by atoms with Crippen LogP contribution in [0, 0.1) is 0 Å². The number of methoxy groups -OCH3 is 1. The lowest BCUT2D eigenvalue weighted by Gasteiger charge is -2.07. The third-order valence-electron chi connectivity index (χ3n) is 5.12. The number of nitrogens with zero attached hydrogens (tertiary/aromatic N) is 4. The molecule has 12 heteroatoms. The van der Waals surface area contributed by atoms with E-state index in [2.05, 4.69) is 41.7 Å². The summed E-state index contributed by atoms with van der Waals surface area (Å²) in [6.07, 6.45) is 0.254. The fraction of sp³-hybridized carbons (Fsp3) is 0.208. The Labute approximate surface area is 224 Å². The Hall–Kier alpha value is -3.22. The van der Waals surface area contributed by atoms with Crippen molar-refractivity contribution in [3.8, 4) is 17.0 Å². The van der Waals surface area contributed by atoms with E-state index in [9.17, 15) is 9.59 Å². The number of ether oxygens (including phenoxy) is 1. The van der Waals surface area contributed by atoms with E-state index in [1.54, 1.807) is 18.7 Å². The van der Waals surface area contributed by atoms with Gasteiger partial charge >= 0.3 is 0 Å². The Bertz CT molecular complexity index is 1340. The average Bonchev–Trinajstić information content (AvgIpc) is 3.48. The van der Waals surface area contributed by atoms with Crippen molar-refractivity contribution in [2.24, 2.45) is 7.05 Å². The summed E-state index contributed by atoms with van der Waals surface area (Å²) in [5.74, 6) is 1.19. The van der Waals surface area contributed by atoms with Crippen molar-refractivity contribution in [1.82, 2.24) is 25.1 Å². The molecule has 4 rings (SSSR count). The van der Waals surface area contributed by atoms with Gasteiger partial charge in [0.25, 0.3) is 0 Å². The first-order valence-corrected chi connectivity index (χ1v) is 13.5. The molecule has 0 aliphatic carbocycles. The number of carbonyl (C=O) groups excluding carboxylic acids is 2. The van der Waals surface area contributed by atoms with Gasteiger partial charge in [-0.15, -0.1) is 21.5 Å². The second kappa shape index (κ2) is 12.2. The van der Waals surface area contributed by atoms with Gasteiger partial charge in [-0.05, 0) is 29.8 Å². The van der Waals surface area contributed by atoms with Crippen molar-refractivity contribution in [3.05, 3.63) is 69.8 Å². The molecule has 0 aliphatic rings. The molecule has 4 aromatic rings. The molecular formula is C24H23BrN6O3S2. The molecule has 0 radical (unpaired) electrons. The zero-order valence-corrected chi connectivity index (χ0v) is 22.7. The van der Waals surface area contributed by atoms with Crippen LogP contribution in [0.5, 0.6) is 5.75 Å². The van der Waals surface area contributed by atoms with Crippen LogP contribution >= 0.6 is 39.0 Å². The summed E-state index contributed by atoms with van der Waals surface area (Å²) in [6, 6.07) is 15.2. The largest absolute Gasteiger partial charge is 0.497 e. The van der Waals surface area contributed by atoms with Gasteiger partial charge in [-0.2, -0.15) is 0 Å². The maximum absolute atomic E-state index is 12.4. The van der Waals surface area contributed by atoms with Gasteiger partial charge in [0.2, 0.25) is 11.8 Å². The van der Waals surface area contributed by atoms with Crippen molar-refractivity contribution < 1.29 is 14.3 Å². The van der Waals surface area contributed by atoms with Crippen molar-refractivity contribution in [3.63, 3.8) is 0 Å². The highest BCUT2D eigenvalue weighted by molar-refractivity contribution is 9.10. The topological polar surface area (TPSA) is 111 Å². The summed E-state index contributed by atoms with van der Waals surface area (Å²) in [5, 5.41) is 17.0. The Morgan fingerprint density at radius 2 is 1.83 bits per heavy atom. The average molecular weight is 588 g/mol. The van der Waals surface area contributed by atoms with Crippen LogP contribution in [0.2, 0.25) is 0 Å². The highest BCUT2D eigenvalue weighted by Gasteiger charge is 2.14. The van der Waals surface area contributed by atoms with Gasteiger partial charge in [0.1, 0.15) is 5.75 Å². The lowest BCUT2D eigenvalue weighted by Crippen LogP contribution is -2.26. The quantitative estimate of drug-likeness (QED) is 0.266. The monoisotopic (exact) mass is 586 g/mol. The van der Waals surface area contributed by atoms with Crippen LogP contribution in [-0.4, -0.2) is 44.4 Å². The van der Waals surface area contributed by atoms with Crippen LogP contribution in [0.1, 0.15) is 11.4 Å². The molecule has 2 aromatic carbocycles. The molecule has 0 saturated carbocycles. The van der Waals surface area contributed by atoms with Crippen molar-refractivity contribution in [2.75, 3.05) is 18.2 Å². The number of carbonyl (C=O) groups is 2. The van der Waals surface area contributed by atoms with Crippen LogP contribution < -0.4 is 15.4 Å². The van der Waals surface area contributed by atoms with Crippen molar-refractivity contribution >= 4 is 56.0 Å². The van der Waals surface area contributed by atoms with Gasteiger partial charge in [-0.25, -0.2) is 4.98 Å². The minimum atomic E-state index is -0.186. The SMILES string of the molecule is COc1ccc(CC(=O)NCc2nnc(SCC(=O)Nc3nc(-c4ccc(Br)cc4)cs3)n2C)cc1. The maximum Gasteiger partial charge on any atom is 0.236 e. The van der Waals surface area contributed by atoms with E-state index >= 15 is 0 Å². The third kappa shape index (κ3) is 6.93. The molecule has 0 atom stereocenters. The van der Waals surface area contributed by atoms with Crippen LogP contribution in [0.25, 0.3) is 11.3 Å². The molecule has 0 fully saturated rings. The van der Waals surface area contributed by atoms with E-state index in [1.807, 2.05) is 53.9 Å². The lowest BCUT2D eigenvalue weighted by molar-refractivity contribution is -0.120. The predicted molar refractivity (Wildman–Crippen MR) is 144 cm³/mol. The summed E-state index contributed by atoms with van der Waals surface area (Å²) in [6.45, 7) is 0.239. The Morgan fingerprint density at radius 1 is 1.08 bits per heavy atom. The van der Waals surface area contributed by atoms with E-state index < -0.39 is 0 Å². The molecule has 2 N–H and O–H groups in total. The summed E-state index contributed by atoms with van der Waals surface area (Å²) in [4.78, 5) is 29.2. The smallest absolute Gasteiger partial charge is 0.236 e. The zero-order valence-electron chi connectivity index (χ0n) is 19.5. The molecule has 0 bridgehead atoms. The van der Waals surface area contributed by atoms with Crippen molar-refractivity contribution in [2.45, 2.75) is 18.1 Å². The fourth-order valence-corrected chi connectivity index (χ4v) is 4.89. The highest BCUT2D eigenvalue weighted by Crippen LogP contribution is 2.26. The number of benzene rings is 2. The third-order valence-corrected chi connectivity index (χ3v) is 7.42. The lowest BCUT2D eigenvalue weighted by atomic mass is 10.1. The molecular weight excluding hydrogens is 564 g/mol. The molecule has 0 saturated heterocycles. The minimum Gasteiger partial charge on any atom is -0.497 e. The van der Waals surface area contributed by atoms with Crippen LogP contribution in [0.15, 0.2) is 63.5 Å². The van der Waals surface area contributed by atoms with E-state index in [0.29, 0.717) is 16.1 Å². The predicted octanol–water partition coefficient (Wildman–Crippen LogP) is 4.30. The Kier molecular flexibility index (Phi) is 8.73. The molecule has 36 heavy (non-hydrogen) atoms. The summed E-state index contributed by atoms with van der Waals surface area (Å²) in [7, 11) is 3.40. The molecule has 0 aliphatic heterocycles. The Balaban J connectivity index is 1.24. The van der Waals surface area contributed by atoms with Gasteiger partial charge in [0.15, 0.2) is 16.1 Å². The molecule has 0 spiro atoms. The van der Waals surface area contributed by atoms with E-state index in [-0.39, 0.29) is 30.5 Å². The van der Waals surface area contributed by atoms with Crippen LogP contribution in [-0.2, 0) is 29.6 Å². The normalized spacial score (nSPS) is 10.8. The molecule has 2 amide bonds. The number of amides is 2. The van der Waals surface area contributed by atoms with Gasteiger partial charge in [-0.1, -0.05) is 52.0 Å². The minimum absolute atomic E-state index is 0.122. The van der Waals surface area contributed by atoms with Gasteiger partial charge in [0, 0.05) is 22.5 Å². The number of hydrogen-bond donors (Lipinski definition) is 2. The number of halogens is 1. The summed E-state index contributed by atoms with van der Waals surface area (Å²) >= 11 is 6.06. The maximum atomic E-state index is 12.4. The van der Waals surface area contributed by atoms with E-state index in [4.69, 9.17) is 4.74 Å². The van der Waals surface area contributed by atoms with Gasteiger partial charge in [-0.3, -0.25) is 9.59 Å². The first-order valence-electron chi connectivity index (χ1n) is 10.8. The molecule has 9 nitrogen and oxygen atoms in total. The molecule has 2 heterocycles. The van der Waals surface area contributed by atoms with Gasteiger partial charge < -0.3 is 19.9 Å². The second-order valence-electron chi connectivity index (χ2n) is 7.64. The number of hydrogen-bond acceptors (Lipinski definition) is 8. The molecule has 0 unspecified atom stereocenters. The zero-order chi connectivity index (χ0) is 25.5. The van der Waals surface area contributed by atoms with E-state index in [0.717, 1.165) is 27.0 Å². The molecule has 2 aromatic heterocycles. The number of nitrogens with one attached hydrogen (secondary N) is 2. The molecule has 186 valence electrons. The Morgan fingerprint density at radius 3 is 2.56 bits per heavy atom. The van der Waals surface area contributed by atoms with Crippen molar-refractivity contribution in [1.29, 1.82) is 0 Å². The first kappa shape index (κ1) is 25.9. The number of thiazole rings is 1. The fourth-order valence-electron chi connectivity index (χ4n) is 3.16.